The number of hydrogen-bond donors (Lipinski definition) is 2. The highest BCUT2D eigenvalue weighted by atomic mass is 16.4. The van der Waals surface area contributed by atoms with Crippen molar-refractivity contribution in [2.24, 2.45) is 5.92 Å². The van der Waals surface area contributed by atoms with Gasteiger partial charge in [-0.3, -0.25) is 9.59 Å². The van der Waals surface area contributed by atoms with E-state index in [0.29, 0.717) is 10.9 Å². The van der Waals surface area contributed by atoms with Crippen molar-refractivity contribution in [3.05, 3.63) is 0 Å². The monoisotopic (exact) mass is 246 g/mol. The molecule has 0 aliphatic carbocycles. The zero-order valence-corrected chi connectivity index (χ0v) is 11.4. The number of aliphatic carboxylic acids is 1. The summed E-state index contributed by atoms with van der Waals surface area (Å²) >= 11 is 0. The van der Waals surface area contributed by atoms with E-state index in [1.807, 2.05) is 28.1 Å². The van der Waals surface area contributed by atoms with Crippen molar-refractivity contribution in [2.75, 3.05) is 27.7 Å². The van der Waals surface area contributed by atoms with Gasteiger partial charge in [-0.2, -0.15) is 0 Å². The lowest BCUT2D eigenvalue weighted by molar-refractivity contribution is -0.875. The number of carboxylic acids is 1. The summed E-state index contributed by atoms with van der Waals surface area (Å²) in [7, 11) is 5.45. The lowest BCUT2D eigenvalue weighted by Crippen LogP contribution is -2.56. The highest BCUT2D eigenvalue weighted by Gasteiger charge is 2.44. The first kappa shape index (κ1) is 16.1. The lowest BCUT2D eigenvalue weighted by atomic mass is 9.85. The molecular formula is C12H24NO4+. The third-order valence-electron chi connectivity index (χ3n) is 2.70. The van der Waals surface area contributed by atoms with Crippen molar-refractivity contribution < 1.29 is 24.3 Å². The summed E-state index contributed by atoms with van der Waals surface area (Å²) in [6.07, 6.45) is 0.0591. The molecule has 0 aromatic heterocycles. The Kier molecular flexibility index (Phi) is 5.29. The first-order valence-electron chi connectivity index (χ1n) is 5.81. The summed E-state index contributed by atoms with van der Waals surface area (Å²) in [4.78, 5) is 22.9. The molecule has 0 heterocycles. The van der Waals surface area contributed by atoms with E-state index in [-0.39, 0.29) is 18.2 Å². The highest BCUT2D eigenvalue weighted by Crippen LogP contribution is 2.21. The second-order valence-electron chi connectivity index (χ2n) is 5.72. The minimum atomic E-state index is -1.78. The van der Waals surface area contributed by atoms with E-state index in [1.165, 1.54) is 0 Å². The molecule has 0 spiro atoms. The summed E-state index contributed by atoms with van der Waals surface area (Å²) in [5.74, 6) is -1.86. The van der Waals surface area contributed by atoms with Crippen LogP contribution in [-0.2, 0) is 9.59 Å². The van der Waals surface area contributed by atoms with Crippen molar-refractivity contribution in [1.82, 2.24) is 0 Å². The molecule has 0 saturated heterocycles. The van der Waals surface area contributed by atoms with Crippen LogP contribution < -0.4 is 0 Å². The van der Waals surface area contributed by atoms with Crippen LogP contribution >= 0.6 is 0 Å². The first-order chi connectivity index (χ1) is 7.52. The summed E-state index contributed by atoms with van der Waals surface area (Å²) in [5, 5.41) is 19.2. The SMILES string of the molecule is CCC(C)C(=O)[C@@](O)(CC(=O)O)C[N+](C)(C)C. The van der Waals surface area contributed by atoms with E-state index in [9.17, 15) is 14.7 Å². The number of rotatable bonds is 7. The van der Waals surface area contributed by atoms with Gasteiger partial charge in [0.05, 0.1) is 27.6 Å². The molecule has 0 amide bonds. The van der Waals surface area contributed by atoms with Crippen molar-refractivity contribution in [3.63, 3.8) is 0 Å². The summed E-state index contributed by atoms with van der Waals surface area (Å²) in [6.45, 7) is 3.66. The number of carboxylic acid groups (broad SMARTS) is 1. The van der Waals surface area contributed by atoms with Crippen molar-refractivity contribution in [1.29, 1.82) is 0 Å². The zero-order chi connectivity index (χ0) is 13.9. The lowest BCUT2D eigenvalue weighted by Gasteiger charge is -2.34. The van der Waals surface area contributed by atoms with Crippen molar-refractivity contribution in [2.45, 2.75) is 32.3 Å². The topological polar surface area (TPSA) is 74.6 Å². The Hall–Kier alpha value is -0.940. The quantitative estimate of drug-likeness (QED) is 0.642. The predicted octanol–water partition coefficient (Wildman–Crippen LogP) is 0.514. The molecule has 0 radical (unpaired) electrons. The molecule has 0 rings (SSSR count). The number of carbonyl (C=O) groups excluding carboxylic acids is 1. The Morgan fingerprint density at radius 2 is 1.76 bits per heavy atom. The first-order valence-corrected chi connectivity index (χ1v) is 5.81. The molecule has 2 N–H and O–H groups in total. The molecule has 0 fully saturated rings. The fraction of sp³-hybridized carbons (Fsp3) is 0.833. The Morgan fingerprint density at radius 3 is 2.06 bits per heavy atom. The molecule has 2 atom stereocenters. The molecule has 5 heteroatoms. The van der Waals surface area contributed by atoms with Crippen LogP contribution in [0.5, 0.6) is 0 Å². The highest BCUT2D eigenvalue weighted by molar-refractivity contribution is 5.92. The molecule has 0 bridgehead atoms. The second-order valence-corrected chi connectivity index (χ2v) is 5.72. The van der Waals surface area contributed by atoms with Gasteiger partial charge in [0.1, 0.15) is 6.54 Å². The average Bonchev–Trinajstić information content (AvgIpc) is 2.10. The number of likely N-dealkylation sites (N-methyl/N-ethyl adjacent to an activating group) is 1. The van der Waals surface area contributed by atoms with Crippen LogP contribution in [0.4, 0.5) is 0 Å². The van der Waals surface area contributed by atoms with Gasteiger partial charge in [-0.15, -0.1) is 0 Å². The maximum atomic E-state index is 12.1. The molecule has 0 aromatic carbocycles. The Labute approximate surface area is 103 Å². The van der Waals surface area contributed by atoms with Gasteiger partial charge in [0.25, 0.3) is 0 Å². The maximum Gasteiger partial charge on any atom is 0.306 e. The number of hydrogen-bond acceptors (Lipinski definition) is 3. The zero-order valence-electron chi connectivity index (χ0n) is 11.4. The standard InChI is InChI=1S/C12H23NO4/c1-6-9(2)11(16)12(17,7-10(14)15)8-13(3,4)5/h9,17H,6-8H2,1-5H3/p+1/t9?,12-/m1/s1. The van der Waals surface area contributed by atoms with E-state index < -0.39 is 18.0 Å². The molecule has 1 unspecified atom stereocenters. The van der Waals surface area contributed by atoms with Crippen LogP contribution in [-0.4, -0.2) is 59.7 Å². The van der Waals surface area contributed by atoms with Crippen LogP contribution in [0, 0.1) is 5.92 Å². The maximum absolute atomic E-state index is 12.1. The van der Waals surface area contributed by atoms with Crippen molar-refractivity contribution in [3.8, 4) is 0 Å². The van der Waals surface area contributed by atoms with Gasteiger partial charge in [-0.05, 0) is 6.42 Å². The summed E-state index contributed by atoms with van der Waals surface area (Å²) < 4.78 is 0.339. The Morgan fingerprint density at radius 1 is 1.29 bits per heavy atom. The largest absolute Gasteiger partial charge is 0.481 e. The van der Waals surface area contributed by atoms with Gasteiger partial charge in [0.15, 0.2) is 11.4 Å². The van der Waals surface area contributed by atoms with E-state index >= 15 is 0 Å². The van der Waals surface area contributed by atoms with E-state index in [1.54, 1.807) is 6.92 Å². The van der Waals surface area contributed by atoms with Crippen LogP contribution in [0.2, 0.25) is 0 Å². The number of quaternary nitrogens is 1. The molecule has 17 heavy (non-hydrogen) atoms. The summed E-state index contributed by atoms with van der Waals surface area (Å²) in [6, 6.07) is 0. The number of Topliss-reactive ketones (excluding diaryl/α,β-unsaturated/α-hetero) is 1. The fourth-order valence-corrected chi connectivity index (χ4v) is 1.90. The van der Waals surface area contributed by atoms with Crippen LogP contribution in [0.1, 0.15) is 26.7 Å². The number of ketones is 1. The molecule has 0 aliphatic rings. The van der Waals surface area contributed by atoms with Gasteiger partial charge in [0.2, 0.25) is 0 Å². The third-order valence-corrected chi connectivity index (χ3v) is 2.70. The normalized spacial score (nSPS) is 17.3. The molecule has 5 nitrogen and oxygen atoms in total. The van der Waals surface area contributed by atoms with Crippen LogP contribution in [0.25, 0.3) is 0 Å². The van der Waals surface area contributed by atoms with Gasteiger partial charge in [-0.25, -0.2) is 0 Å². The molecule has 100 valence electrons. The number of aliphatic hydroxyl groups is 1. The van der Waals surface area contributed by atoms with E-state index in [4.69, 9.17) is 5.11 Å². The molecule has 0 saturated carbocycles. The van der Waals surface area contributed by atoms with Gasteiger partial charge < -0.3 is 14.7 Å². The Bertz CT molecular complexity index is 295. The predicted molar refractivity (Wildman–Crippen MR) is 64.6 cm³/mol. The Balaban J connectivity index is 5.09. The number of carbonyl (C=O) groups is 2. The third kappa shape index (κ3) is 5.28. The smallest absolute Gasteiger partial charge is 0.306 e. The second kappa shape index (κ2) is 5.60. The van der Waals surface area contributed by atoms with Gasteiger partial charge in [-0.1, -0.05) is 13.8 Å². The molecular weight excluding hydrogens is 222 g/mol. The minimum Gasteiger partial charge on any atom is -0.481 e. The van der Waals surface area contributed by atoms with Crippen LogP contribution in [0.3, 0.4) is 0 Å². The van der Waals surface area contributed by atoms with E-state index in [2.05, 4.69) is 0 Å². The molecule has 0 aromatic rings. The fourth-order valence-electron chi connectivity index (χ4n) is 1.90. The average molecular weight is 246 g/mol. The van der Waals surface area contributed by atoms with Gasteiger partial charge in [0, 0.05) is 5.92 Å². The van der Waals surface area contributed by atoms with Crippen molar-refractivity contribution >= 4 is 11.8 Å². The summed E-state index contributed by atoms with van der Waals surface area (Å²) in [5.41, 5.74) is -1.78. The van der Waals surface area contributed by atoms with Crippen LogP contribution in [0.15, 0.2) is 0 Å². The van der Waals surface area contributed by atoms with Gasteiger partial charge >= 0.3 is 5.97 Å². The minimum absolute atomic E-state index is 0.0997. The molecule has 0 aliphatic heterocycles. The number of nitrogens with zero attached hydrogens (tertiary/aromatic N) is 1. The van der Waals surface area contributed by atoms with E-state index in [0.717, 1.165) is 0 Å².